The summed E-state index contributed by atoms with van der Waals surface area (Å²) in [5.74, 6) is 1.28. The lowest BCUT2D eigenvalue weighted by Gasteiger charge is -2.10. The first kappa shape index (κ1) is 19.2. The highest BCUT2D eigenvalue weighted by Gasteiger charge is 2.09. The van der Waals surface area contributed by atoms with Crippen LogP contribution in [0, 0.1) is 0 Å². The fourth-order valence-electron chi connectivity index (χ4n) is 2.15. The zero-order valence-electron chi connectivity index (χ0n) is 16.0. The van der Waals surface area contributed by atoms with Gasteiger partial charge in [0.2, 0.25) is 0 Å². The van der Waals surface area contributed by atoms with Gasteiger partial charge in [0.25, 0.3) is 0 Å². The summed E-state index contributed by atoms with van der Waals surface area (Å²) in [5, 5.41) is 19.6. The maximum atomic E-state index is 5.44. The molecular weight excluding hydrogens is 332 g/mol. The molecule has 2 aromatic carbocycles. The van der Waals surface area contributed by atoms with Gasteiger partial charge in [-0.3, -0.25) is 10.0 Å². The van der Waals surface area contributed by atoms with Gasteiger partial charge in [-0.05, 0) is 35.4 Å². The smallest absolute Gasteiger partial charge is 0.147 e. The quantitative estimate of drug-likeness (QED) is 0.541. The Hall–Kier alpha value is -3.16. The Morgan fingerprint density at radius 1 is 0.654 bits per heavy atom. The first-order chi connectivity index (χ1) is 12.4. The summed E-state index contributed by atoms with van der Waals surface area (Å²) in [6.45, 7) is 0. The molecule has 0 spiro atoms. The monoisotopic (exact) mass is 356 g/mol. The van der Waals surface area contributed by atoms with Crippen molar-refractivity contribution in [1.82, 2.24) is 10.0 Å². The van der Waals surface area contributed by atoms with Gasteiger partial charge >= 0.3 is 0 Å². The number of nitrogens with zero attached hydrogens (tertiary/aromatic N) is 6. The predicted molar refractivity (Wildman–Crippen MR) is 101 cm³/mol. The maximum absolute atomic E-state index is 5.44. The van der Waals surface area contributed by atoms with Gasteiger partial charge in [0, 0.05) is 28.2 Å². The normalized spacial score (nSPS) is 11.2. The summed E-state index contributed by atoms with van der Waals surface area (Å²) in [5.41, 5.74) is 3.27. The second-order valence-electron chi connectivity index (χ2n) is 5.85. The third-order valence-electron chi connectivity index (χ3n) is 3.36. The Morgan fingerprint density at radius 2 is 1.04 bits per heavy atom. The number of hydrogen-bond acceptors (Lipinski definition) is 6. The van der Waals surface area contributed by atoms with Crippen molar-refractivity contribution in [2.45, 2.75) is 0 Å². The van der Waals surface area contributed by atoms with Crippen LogP contribution >= 0.6 is 0 Å². The van der Waals surface area contributed by atoms with Gasteiger partial charge in [-0.2, -0.15) is 0 Å². The van der Waals surface area contributed by atoms with Crippen LogP contribution in [0.4, 0.5) is 11.4 Å². The molecule has 8 heteroatoms. The van der Waals surface area contributed by atoms with E-state index >= 15 is 0 Å². The molecule has 0 aromatic heterocycles. The third-order valence-corrected chi connectivity index (χ3v) is 3.36. The Labute approximate surface area is 153 Å². The Kier molecular flexibility index (Phi) is 6.48. The number of rotatable bonds is 7. The molecule has 0 saturated heterocycles. The fraction of sp³-hybridized carbons (Fsp3) is 0.333. The Morgan fingerprint density at radius 3 is 1.35 bits per heavy atom. The van der Waals surface area contributed by atoms with Gasteiger partial charge in [-0.15, -0.1) is 10.2 Å². The molecule has 0 aliphatic rings. The van der Waals surface area contributed by atoms with E-state index in [0.29, 0.717) is 22.9 Å². The van der Waals surface area contributed by atoms with E-state index in [2.05, 4.69) is 20.7 Å². The van der Waals surface area contributed by atoms with Gasteiger partial charge in [0.05, 0.1) is 14.2 Å². The summed E-state index contributed by atoms with van der Waals surface area (Å²) >= 11 is 0. The topological polar surface area (TPSA) is 74.4 Å². The molecule has 0 saturated carbocycles. The minimum Gasteiger partial charge on any atom is -0.494 e. The molecule has 0 heterocycles. The van der Waals surface area contributed by atoms with Gasteiger partial charge in [-0.25, -0.2) is 0 Å². The molecule has 8 nitrogen and oxygen atoms in total. The molecule has 0 N–H and O–H groups in total. The molecule has 26 heavy (non-hydrogen) atoms. The summed E-state index contributed by atoms with van der Waals surface area (Å²) in [6.07, 6.45) is 0. The van der Waals surface area contributed by atoms with Crippen molar-refractivity contribution >= 4 is 11.4 Å². The summed E-state index contributed by atoms with van der Waals surface area (Å²) < 4.78 is 10.9. The summed E-state index contributed by atoms with van der Waals surface area (Å²) in [4.78, 5) is 0. The van der Waals surface area contributed by atoms with E-state index in [1.54, 1.807) is 24.2 Å². The first-order valence-corrected chi connectivity index (χ1v) is 7.99. The lowest BCUT2D eigenvalue weighted by atomic mass is 10.0. The molecule has 0 amide bonds. The fourth-order valence-corrected chi connectivity index (χ4v) is 2.15. The van der Waals surface area contributed by atoms with E-state index in [-0.39, 0.29) is 0 Å². The highest BCUT2D eigenvalue weighted by atomic mass is 16.5. The van der Waals surface area contributed by atoms with Crippen LogP contribution in [0.1, 0.15) is 0 Å². The first-order valence-electron chi connectivity index (χ1n) is 7.99. The zero-order chi connectivity index (χ0) is 19.1. The summed E-state index contributed by atoms with van der Waals surface area (Å²) in [6, 6.07) is 11.5. The van der Waals surface area contributed by atoms with E-state index in [4.69, 9.17) is 9.47 Å². The molecular formula is C18H24N6O2. The van der Waals surface area contributed by atoms with E-state index in [9.17, 15) is 0 Å². The minimum atomic E-state index is 0.642. The highest BCUT2D eigenvalue weighted by Crippen LogP contribution is 2.37. The molecule has 0 aliphatic heterocycles. The molecule has 2 rings (SSSR count). The largest absolute Gasteiger partial charge is 0.494 e. The van der Waals surface area contributed by atoms with Gasteiger partial charge < -0.3 is 9.47 Å². The lowest BCUT2D eigenvalue weighted by molar-refractivity contribution is 0.399. The second-order valence-corrected chi connectivity index (χ2v) is 5.85. The van der Waals surface area contributed by atoms with Crippen molar-refractivity contribution in [1.29, 1.82) is 0 Å². The van der Waals surface area contributed by atoms with Crippen LogP contribution < -0.4 is 9.47 Å². The van der Waals surface area contributed by atoms with Crippen molar-refractivity contribution in [2.24, 2.45) is 20.7 Å². The third kappa shape index (κ3) is 4.92. The lowest BCUT2D eigenvalue weighted by Crippen LogP contribution is -1.99. The van der Waals surface area contributed by atoms with Gasteiger partial charge in [0.15, 0.2) is 0 Å². The average molecular weight is 356 g/mol. The molecule has 0 unspecified atom stereocenters. The van der Waals surface area contributed by atoms with Crippen molar-refractivity contribution in [3.05, 3.63) is 36.4 Å². The van der Waals surface area contributed by atoms with Crippen LogP contribution in [-0.4, -0.2) is 52.4 Å². The number of ether oxygens (including phenoxy) is 2. The molecule has 0 fully saturated rings. The van der Waals surface area contributed by atoms with Crippen LogP contribution in [0.3, 0.4) is 0 Å². The summed E-state index contributed by atoms with van der Waals surface area (Å²) in [7, 11) is 10.5. The molecule has 0 atom stereocenters. The second kappa shape index (κ2) is 8.80. The average Bonchev–Trinajstić information content (AvgIpc) is 2.64. The zero-order valence-corrected chi connectivity index (χ0v) is 16.0. The van der Waals surface area contributed by atoms with Gasteiger partial charge in [-0.1, -0.05) is 22.6 Å². The Bertz CT molecular complexity index is 735. The van der Waals surface area contributed by atoms with Crippen LogP contribution in [0.2, 0.25) is 0 Å². The standard InChI is InChI=1S/C18H24N6O2/c1-23(2)21-19-15-9-7-13(11-17(15)25-5)14-8-10-16(18(12-14)26-6)20-22-24(3)4/h7-12H,1-6H3. The van der Waals surface area contributed by atoms with Crippen molar-refractivity contribution in [2.75, 3.05) is 42.4 Å². The van der Waals surface area contributed by atoms with E-state index in [1.807, 2.05) is 64.6 Å². The van der Waals surface area contributed by atoms with Crippen molar-refractivity contribution < 1.29 is 9.47 Å². The SMILES string of the molecule is COc1cc(-c2ccc(N=NN(C)C)c(OC)c2)ccc1N=NN(C)C. The number of methoxy groups -OCH3 is 2. The molecule has 0 bridgehead atoms. The van der Waals surface area contributed by atoms with Crippen LogP contribution in [0.25, 0.3) is 11.1 Å². The van der Waals surface area contributed by atoms with E-state index in [1.165, 1.54) is 0 Å². The Balaban J connectivity index is 2.38. The highest BCUT2D eigenvalue weighted by molar-refractivity contribution is 5.73. The molecule has 2 aromatic rings. The molecule has 0 radical (unpaired) electrons. The number of benzene rings is 2. The van der Waals surface area contributed by atoms with Crippen LogP contribution in [0.5, 0.6) is 11.5 Å². The van der Waals surface area contributed by atoms with Crippen molar-refractivity contribution in [3.63, 3.8) is 0 Å². The number of hydrogen-bond donors (Lipinski definition) is 0. The minimum absolute atomic E-state index is 0.642. The molecule has 138 valence electrons. The molecule has 0 aliphatic carbocycles. The van der Waals surface area contributed by atoms with E-state index < -0.39 is 0 Å². The van der Waals surface area contributed by atoms with Gasteiger partial charge in [0.1, 0.15) is 22.9 Å². The van der Waals surface area contributed by atoms with E-state index in [0.717, 1.165) is 11.1 Å². The van der Waals surface area contributed by atoms with Crippen molar-refractivity contribution in [3.8, 4) is 22.6 Å². The maximum Gasteiger partial charge on any atom is 0.147 e. The van der Waals surface area contributed by atoms with Crippen LogP contribution in [-0.2, 0) is 0 Å². The predicted octanol–water partition coefficient (Wildman–Crippen LogP) is 4.49. The van der Waals surface area contributed by atoms with Crippen LogP contribution in [0.15, 0.2) is 57.1 Å².